The molecule has 0 spiro atoms. The Balaban J connectivity index is 2.83. The first-order chi connectivity index (χ1) is 8.19. The minimum Gasteiger partial charge on any atom is -0.389 e. The monoisotopic (exact) mass is 280 g/mol. The number of hydrogen-bond donors (Lipinski definition) is 1. The normalized spacial score (nSPS) is 11.9. The van der Waals surface area contributed by atoms with Gasteiger partial charge in [-0.15, -0.1) is 0 Å². The summed E-state index contributed by atoms with van der Waals surface area (Å²) in [4.78, 5) is 1.05. The Morgan fingerprint density at radius 1 is 1.39 bits per heavy atom. The molecule has 7 heteroatoms. The topological polar surface area (TPSA) is 29.3 Å². The van der Waals surface area contributed by atoms with Crippen molar-refractivity contribution in [3.8, 4) is 0 Å². The summed E-state index contributed by atoms with van der Waals surface area (Å²) in [5.41, 5.74) is 5.94. The van der Waals surface area contributed by atoms with E-state index in [4.69, 9.17) is 18.0 Å². The Labute approximate surface area is 107 Å². The fourth-order valence-electron chi connectivity index (χ4n) is 1.50. The third-order valence-electron chi connectivity index (χ3n) is 2.22. The van der Waals surface area contributed by atoms with Gasteiger partial charge in [-0.2, -0.15) is 13.2 Å². The van der Waals surface area contributed by atoms with E-state index in [0.717, 1.165) is 11.0 Å². The highest BCUT2D eigenvalue weighted by Crippen LogP contribution is 2.18. The summed E-state index contributed by atoms with van der Waals surface area (Å²) in [6.07, 6.45) is -4.31. The highest BCUT2D eigenvalue weighted by molar-refractivity contribution is 7.80. The van der Waals surface area contributed by atoms with E-state index in [2.05, 4.69) is 0 Å². The summed E-state index contributed by atoms with van der Waals surface area (Å²) < 4.78 is 49.9. The molecule has 0 fully saturated rings. The standard InChI is InChI=1S/C11H12F4N2S/c1-17(6-11(13,14)15)5-8-4-7(10(16)18)2-3-9(8)12/h2-4H,5-6H2,1H3,(H2,16,18). The van der Waals surface area contributed by atoms with Gasteiger partial charge >= 0.3 is 6.18 Å². The molecule has 0 aliphatic rings. The average Bonchev–Trinajstić information content (AvgIpc) is 2.18. The number of halogens is 4. The molecule has 0 saturated carbocycles. The van der Waals surface area contributed by atoms with Crippen LogP contribution >= 0.6 is 12.2 Å². The van der Waals surface area contributed by atoms with Gasteiger partial charge in [0.05, 0.1) is 6.54 Å². The van der Waals surface area contributed by atoms with Crippen LogP contribution in [0.5, 0.6) is 0 Å². The molecule has 0 aromatic heterocycles. The first-order valence-corrected chi connectivity index (χ1v) is 5.43. The molecule has 18 heavy (non-hydrogen) atoms. The van der Waals surface area contributed by atoms with Crippen molar-refractivity contribution in [2.24, 2.45) is 5.73 Å². The minimum atomic E-state index is -4.31. The lowest BCUT2D eigenvalue weighted by Crippen LogP contribution is -2.30. The number of rotatable bonds is 4. The Hall–Kier alpha value is -1.21. The summed E-state index contributed by atoms with van der Waals surface area (Å²) in [7, 11) is 1.26. The maximum atomic E-state index is 13.4. The van der Waals surface area contributed by atoms with Crippen LogP contribution in [0.3, 0.4) is 0 Å². The summed E-state index contributed by atoms with van der Waals surface area (Å²) in [6.45, 7) is -1.27. The van der Waals surface area contributed by atoms with Crippen LogP contribution in [0.4, 0.5) is 17.6 Å². The van der Waals surface area contributed by atoms with E-state index in [1.807, 2.05) is 0 Å². The predicted octanol–water partition coefficient (Wildman–Crippen LogP) is 2.45. The predicted molar refractivity (Wildman–Crippen MR) is 64.7 cm³/mol. The van der Waals surface area contributed by atoms with Crippen molar-refractivity contribution in [3.05, 3.63) is 35.1 Å². The van der Waals surface area contributed by atoms with Crippen molar-refractivity contribution in [3.63, 3.8) is 0 Å². The van der Waals surface area contributed by atoms with Gasteiger partial charge in [-0.05, 0) is 25.2 Å². The number of nitrogens with two attached hydrogens (primary N) is 1. The smallest absolute Gasteiger partial charge is 0.389 e. The lowest BCUT2D eigenvalue weighted by molar-refractivity contribution is -0.144. The quantitative estimate of drug-likeness (QED) is 0.678. The van der Waals surface area contributed by atoms with Crippen LogP contribution in [0.25, 0.3) is 0 Å². The maximum Gasteiger partial charge on any atom is 0.401 e. The van der Waals surface area contributed by atoms with E-state index < -0.39 is 18.5 Å². The zero-order valence-electron chi connectivity index (χ0n) is 9.59. The second-order valence-corrected chi connectivity index (χ2v) is 4.40. The van der Waals surface area contributed by atoms with Gasteiger partial charge in [-0.1, -0.05) is 12.2 Å². The second kappa shape index (κ2) is 5.62. The molecule has 1 aromatic carbocycles. The lowest BCUT2D eigenvalue weighted by atomic mass is 10.1. The van der Waals surface area contributed by atoms with Gasteiger partial charge in [0, 0.05) is 17.7 Å². The van der Waals surface area contributed by atoms with Crippen LogP contribution in [0.15, 0.2) is 18.2 Å². The number of benzene rings is 1. The summed E-state index contributed by atoms with van der Waals surface area (Å²) in [5.74, 6) is -0.580. The zero-order valence-corrected chi connectivity index (χ0v) is 10.4. The van der Waals surface area contributed by atoms with E-state index in [0.29, 0.717) is 5.56 Å². The van der Waals surface area contributed by atoms with Gasteiger partial charge in [0.2, 0.25) is 0 Å². The van der Waals surface area contributed by atoms with Crippen molar-refractivity contribution in [2.75, 3.05) is 13.6 Å². The van der Waals surface area contributed by atoms with Gasteiger partial charge in [0.25, 0.3) is 0 Å². The summed E-state index contributed by atoms with van der Waals surface area (Å²) in [6, 6.07) is 3.90. The molecule has 0 aliphatic heterocycles. The molecule has 0 atom stereocenters. The minimum absolute atomic E-state index is 0.0784. The Bertz CT molecular complexity index is 445. The number of alkyl halides is 3. The Morgan fingerprint density at radius 3 is 2.50 bits per heavy atom. The second-order valence-electron chi connectivity index (χ2n) is 3.96. The molecule has 0 bridgehead atoms. The van der Waals surface area contributed by atoms with Gasteiger partial charge in [-0.3, -0.25) is 4.90 Å². The molecule has 0 heterocycles. The molecule has 0 aliphatic carbocycles. The van der Waals surface area contributed by atoms with E-state index in [-0.39, 0.29) is 17.1 Å². The van der Waals surface area contributed by atoms with Crippen LogP contribution < -0.4 is 5.73 Å². The molecular weight excluding hydrogens is 268 g/mol. The van der Waals surface area contributed by atoms with Crippen LogP contribution in [0, 0.1) is 5.82 Å². The molecule has 0 radical (unpaired) electrons. The largest absolute Gasteiger partial charge is 0.401 e. The number of nitrogens with zero attached hydrogens (tertiary/aromatic N) is 1. The third kappa shape index (κ3) is 4.58. The molecule has 1 rings (SSSR count). The van der Waals surface area contributed by atoms with Gasteiger partial charge in [-0.25, -0.2) is 4.39 Å². The zero-order chi connectivity index (χ0) is 13.9. The van der Waals surface area contributed by atoms with Crippen molar-refractivity contribution in [1.29, 1.82) is 0 Å². The molecular formula is C11H12F4N2S. The number of hydrogen-bond acceptors (Lipinski definition) is 2. The van der Waals surface area contributed by atoms with E-state index in [9.17, 15) is 17.6 Å². The van der Waals surface area contributed by atoms with E-state index in [1.165, 1.54) is 19.2 Å². The third-order valence-corrected chi connectivity index (χ3v) is 2.46. The van der Waals surface area contributed by atoms with Crippen molar-refractivity contribution in [2.45, 2.75) is 12.7 Å². The van der Waals surface area contributed by atoms with Gasteiger partial charge < -0.3 is 5.73 Å². The molecule has 1 aromatic rings. The SMILES string of the molecule is CN(Cc1cc(C(N)=S)ccc1F)CC(F)(F)F. The van der Waals surface area contributed by atoms with Crippen LogP contribution in [-0.4, -0.2) is 29.7 Å². The number of thiocarbonyl (C=S) groups is 1. The Morgan fingerprint density at radius 2 is 2.00 bits per heavy atom. The molecule has 0 amide bonds. The van der Waals surface area contributed by atoms with E-state index >= 15 is 0 Å². The first kappa shape index (κ1) is 14.8. The fourth-order valence-corrected chi connectivity index (χ4v) is 1.63. The van der Waals surface area contributed by atoms with Crippen molar-refractivity contribution >= 4 is 17.2 Å². The molecule has 2 nitrogen and oxygen atoms in total. The van der Waals surface area contributed by atoms with Crippen LogP contribution in [0.2, 0.25) is 0 Å². The van der Waals surface area contributed by atoms with Crippen LogP contribution in [-0.2, 0) is 6.54 Å². The highest BCUT2D eigenvalue weighted by atomic mass is 32.1. The van der Waals surface area contributed by atoms with Gasteiger partial charge in [0.15, 0.2) is 0 Å². The van der Waals surface area contributed by atoms with Gasteiger partial charge in [0.1, 0.15) is 10.8 Å². The molecule has 100 valence electrons. The molecule has 2 N–H and O–H groups in total. The summed E-state index contributed by atoms with van der Waals surface area (Å²) in [5, 5.41) is 0. The summed E-state index contributed by atoms with van der Waals surface area (Å²) >= 11 is 4.73. The lowest BCUT2D eigenvalue weighted by Gasteiger charge is -2.19. The highest BCUT2D eigenvalue weighted by Gasteiger charge is 2.29. The van der Waals surface area contributed by atoms with E-state index in [1.54, 1.807) is 0 Å². The van der Waals surface area contributed by atoms with Crippen molar-refractivity contribution < 1.29 is 17.6 Å². The molecule has 0 saturated heterocycles. The fraction of sp³-hybridized carbons (Fsp3) is 0.364. The average molecular weight is 280 g/mol. The maximum absolute atomic E-state index is 13.4. The first-order valence-electron chi connectivity index (χ1n) is 5.02. The van der Waals surface area contributed by atoms with Crippen LogP contribution in [0.1, 0.15) is 11.1 Å². The Kier molecular flexibility index (Phi) is 4.64. The molecule has 0 unspecified atom stereocenters. The van der Waals surface area contributed by atoms with Crippen molar-refractivity contribution in [1.82, 2.24) is 4.90 Å².